The van der Waals surface area contributed by atoms with Crippen LogP contribution >= 0.6 is 0 Å². The van der Waals surface area contributed by atoms with Crippen molar-refractivity contribution in [1.29, 1.82) is 0 Å². The van der Waals surface area contributed by atoms with Crippen molar-refractivity contribution in [1.82, 2.24) is 0 Å². The van der Waals surface area contributed by atoms with Gasteiger partial charge in [-0.1, -0.05) is 23.2 Å². The maximum absolute atomic E-state index is 11.0. The molecule has 4 saturated carbocycles. The molecule has 182 valence electrons. The van der Waals surface area contributed by atoms with E-state index in [2.05, 4.69) is 23.1 Å². The number of aliphatic carboxylic acids is 1. The highest BCUT2D eigenvalue weighted by Gasteiger charge is 2.52. The number of nitrogens with zero attached hydrogens (tertiary/aromatic N) is 1. The first kappa shape index (κ1) is 23.5. The van der Waals surface area contributed by atoms with Gasteiger partial charge in [-0.05, 0) is 118 Å². The molecule has 0 atom stereocenters. The van der Waals surface area contributed by atoms with Crippen LogP contribution in [0.3, 0.4) is 0 Å². The molecule has 0 spiro atoms. The van der Waals surface area contributed by atoms with E-state index in [1.165, 1.54) is 38.5 Å². The third-order valence-corrected chi connectivity index (χ3v) is 7.80. The Balaban J connectivity index is 1.55. The third-order valence-electron chi connectivity index (χ3n) is 7.80. The van der Waals surface area contributed by atoms with Crippen molar-refractivity contribution in [2.45, 2.75) is 70.3 Å². The number of hydrogen-bond donors (Lipinski definition) is 2. The van der Waals surface area contributed by atoms with Crippen LogP contribution in [-0.4, -0.2) is 28.0 Å². The highest BCUT2D eigenvalue weighted by molar-refractivity contribution is 5.92. The Morgan fingerprint density at radius 2 is 1.71 bits per heavy atom. The number of hydrogen-bond acceptors (Lipinski definition) is 4. The van der Waals surface area contributed by atoms with Gasteiger partial charge in [-0.3, -0.25) is 0 Å². The maximum atomic E-state index is 11.0. The number of carbonyl (C=O) groups is 1. The van der Waals surface area contributed by atoms with E-state index >= 15 is 0 Å². The lowest BCUT2D eigenvalue weighted by Crippen LogP contribution is -2.48. The van der Waals surface area contributed by atoms with Crippen molar-refractivity contribution < 1.29 is 19.8 Å². The van der Waals surface area contributed by atoms with E-state index < -0.39 is 11.6 Å². The second kappa shape index (κ2) is 8.75. The van der Waals surface area contributed by atoms with Crippen LogP contribution < -0.4 is 0 Å². The molecule has 0 heterocycles. The summed E-state index contributed by atoms with van der Waals surface area (Å²) in [4.78, 5) is 16.5. The molecule has 6 rings (SSSR count). The SMILES string of the molecule is CC(C)(C)O/N=C/c1cc(C#CC(=O)O)ccc1-c1ccc(O)c(C23CC4CC(CC(C4)C2)C3)c1. The first-order valence-electron chi connectivity index (χ1n) is 12.5. The Labute approximate surface area is 207 Å². The van der Waals surface area contributed by atoms with Crippen molar-refractivity contribution in [2.24, 2.45) is 22.9 Å². The minimum atomic E-state index is -1.17. The van der Waals surface area contributed by atoms with E-state index in [1.54, 1.807) is 6.21 Å². The van der Waals surface area contributed by atoms with Gasteiger partial charge in [-0.25, -0.2) is 4.79 Å². The summed E-state index contributed by atoms with van der Waals surface area (Å²) in [7, 11) is 0. The van der Waals surface area contributed by atoms with Crippen molar-refractivity contribution in [3.63, 3.8) is 0 Å². The van der Waals surface area contributed by atoms with Gasteiger partial charge in [0.25, 0.3) is 0 Å². The number of oxime groups is 1. The van der Waals surface area contributed by atoms with Crippen molar-refractivity contribution in [3.8, 4) is 28.7 Å². The van der Waals surface area contributed by atoms with E-state index in [0.717, 1.165) is 40.0 Å². The molecular weight excluding hydrogens is 438 g/mol. The third kappa shape index (κ3) is 4.93. The fourth-order valence-corrected chi connectivity index (χ4v) is 6.95. The Kier molecular flexibility index (Phi) is 5.87. The summed E-state index contributed by atoms with van der Waals surface area (Å²) in [6.07, 6.45) is 9.24. The van der Waals surface area contributed by atoms with Gasteiger partial charge in [0.2, 0.25) is 0 Å². The molecule has 4 bridgehead atoms. The molecule has 2 aromatic carbocycles. The van der Waals surface area contributed by atoms with Crippen LogP contribution in [0.4, 0.5) is 0 Å². The van der Waals surface area contributed by atoms with E-state index in [0.29, 0.717) is 11.3 Å². The molecule has 5 heteroatoms. The Morgan fingerprint density at radius 1 is 1.06 bits per heavy atom. The van der Waals surface area contributed by atoms with Crippen LogP contribution in [0.15, 0.2) is 41.6 Å². The summed E-state index contributed by atoms with van der Waals surface area (Å²) in [6, 6.07) is 11.5. The van der Waals surface area contributed by atoms with Crippen LogP contribution in [-0.2, 0) is 15.0 Å². The van der Waals surface area contributed by atoms with Crippen LogP contribution in [0.2, 0.25) is 0 Å². The minimum absolute atomic E-state index is 0.0747. The van der Waals surface area contributed by atoms with Gasteiger partial charge in [-0.15, -0.1) is 0 Å². The number of rotatable bonds is 4. The second-order valence-electron chi connectivity index (χ2n) is 11.7. The maximum Gasteiger partial charge on any atom is 0.382 e. The highest BCUT2D eigenvalue weighted by atomic mass is 16.6. The molecule has 0 saturated heterocycles. The molecule has 4 aliphatic rings. The van der Waals surface area contributed by atoms with Crippen molar-refractivity contribution in [2.75, 3.05) is 0 Å². The van der Waals surface area contributed by atoms with Gasteiger partial charge in [0, 0.05) is 22.6 Å². The summed E-state index contributed by atoms with van der Waals surface area (Å²) in [5.41, 5.74) is 4.05. The predicted octanol–water partition coefficient (Wildman–Crippen LogP) is 6.11. The molecule has 5 nitrogen and oxygen atoms in total. The molecule has 4 fully saturated rings. The summed E-state index contributed by atoms with van der Waals surface area (Å²) < 4.78 is 0. The zero-order valence-electron chi connectivity index (χ0n) is 20.7. The summed E-state index contributed by atoms with van der Waals surface area (Å²) >= 11 is 0. The first-order valence-corrected chi connectivity index (χ1v) is 12.5. The van der Waals surface area contributed by atoms with Crippen molar-refractivity contribution in [3.05, 3.63) is 53.1 Å². The Morgan fingerprint density at radius 3 is 2.31 bits per heavy atom. The quantitative estimate of drug-likeness (QED) is 0.320. The summed E-state index contributed by atoms with van der Waals surface area (Å²) in [5.74, 6) is 6.45. The van der Waals surface area contributed by atoms with Crippen LogP contribution in [0.25, 0.3) is 11.1 Å². The Hall–Kier alpha value is -3.26. The molecule has 2 aromatic rings. The van der Waals surface area contributed by atoms with Gasteiger partial charge in [0.15, 0.2) is 0 Å². The Bertz CT molecular complexity index is 1210. The summed E-state index contributed by atoms with van der Waals surface area (Å²) in [6.45, 7) is 5.78. The van der Waals surface area contributed by atoms with Crippen LogP contribution in [0, 0.1) is 29.6 Å². The molecule has 0 aromatic heterocycles. The minimum Gasteiger partial charge on any atom is -0.508 e. The number of phenolic OH excluding ortho intramolecular Hbond substituents is 1. The molecule has 0 unspecified atom stereocenters. The molecule has 0 amide bonds. The summed E-state index contributed by atoms with van der Waals surface area (Å²) in [5, 5.41) is 24.1. The molecule has 35 heavy (non-hydrogen) atoms. The number of benzene rings is 2. The topological polar surface area (TPSA) is 79.1 Å². The number of carboxylic acid groups (broad SMARTS) is 1. The van der Waals surface area contributed by atoms with Crippen LogP contribution in [0.5, 0.6) is 5.75 Å². The van der Waals surface area contributed by atoms with Gasteiger partial charge in [0.05, 0.1) is 6.21 Å². The van der Waals surface area contributed by atoms with Crippen LogP contribution in [0.1, 0.15) is 76.0 Å². The van der Waals surface area contributed by atoms with Gasteiger partial charge >= 0.3 is 5.97 Å². The number of carboxylic acids is 1. The normalized spacial score (nSPS) is 27.0. The van der Waals surface area contributed by atoms with Gasteiger partial charge in [0.1, 0.15) is 11.4 Å². The molecule has 2 N–H and O–H groups in total. The lowest BCUT2D eigenvalue weighted by molar-refractivity contribution is -0.130. The molecule has 0 aliphatic heterocycles. The average Bonchev–Trinajstić information content (AvgIpc) is 2.76. The average molecular weight is 472 g/mol. The fraction of sp³-hybridized carbons (Fsp3) is 0.467. The van der Waals surface area contributed by atoms with E-state index in [4.69, 9.17) is 9.94 Å². The van der Waals surface area contributed by atoms with Crippen molar-refractivity contribution >= 4 is 12.2 Å². The number of aromatic hydroxyl groups is 1. The van der Waals surface area contributed by atoms with E-state index in [9.17, 15) is 9.90 Å². The fourth-order valence-electron chi connectivity index (χ4n) is 6.95. The zero-order chi connectivity index (χ0) is 24.8. The first-order chi connectivity index (χ1) is 16.6. The highest BCUT2D eigenvalue weighted by Crippen LogP contribution is 2.62. The standard InChI is InChI=1S/C30H33NO4/c1-29(2,3)35-31-18-24-13-19(5-9-28(33)34)4-7-25(24)23-6-8-27(32)26(14-23)30-15-20-10-21(16-30)12-22(11-20)17-30/h4,6-8,13-14,18,20-22,32H,10-12,15-17H2,1-3H3,(H,33,34)/b31-18+. The van der Waals surface area contributed by atoms with Gasteiger partial charge in [-0.2, -0.15) is 0 Å². The lowest BCUT2D eigenvalue weighted by atomic mass is 9.48. The largest absolute Gasteiger partial charge is 0.508 e. The monoisotopic (exact) mass is 471 g/mol. The lowest BCUT2D eigenvalue weighted by Gasteiger charge is -2.57. The molecule has 0 radical (unpaired) electrons. The van der Waals surface area contributed by atoms with E-state index in [1.807, 2.05) is 51.1 Å². The van der Waals surface area contributed by atoms with E-state index in [-0.39, 0.29) is 5.41 Å². The number of phenols is 1. The smallest absolute Gasteiger partial charge is 0.382 e. The molecule has 4 aliphatic carbocycles. The second-order valence-corrected chi connectivity index (χ2v) is 11.7. The van der Waals surface area contributed by atoms with Gasteiger partial charge < -0.3 is 15.1 Å². The zero-order valence-corrected chi connectivity index (χ0v) is 20.7. The predicted molar refractivity (Wildman–Crippen MR) is 136 cm³/mol. The molecular formula is C30H33NO4.